The Hall–Kier alpha value is -1.10. The zero-order valence-electron chi connectivity index (χ0n) is 8.07. The molecule has 1 atom stereocenters. The van der Waals surface area contributed by atoms with Crippen LogP contribution in [0.2, 0.25) is 0 Å². The Bertz CT molecular complexity index is 429. The number of likely N-dealkylation sites (tertiary alicyclic amines) is 1. The van der Waals surface area contributed by atoms with Gasteiger partial charge in [-0.05, 0) is 12.5 Å². The van der Waals surface area contributed by atoms with E-state index in [1.54, 1.807) is 11.0 Å². The van der Waals surface area contributed by atoms with Crippen molar-refractivity contribution in [2.75, 3.05) is 13.1 Å². The number of H-pyrrole nitrogens is 1. The first kappa shape index (κ1) is 10.4. The van der Waals surface area contributed by atoms with E-state index in [2.05, 4.69) is 20.9 Å². The predicted molar refractivity (Wildman–Crippen MR) is 60.3 cm³/mol. The lowest BCUT2D eigenvalue weighted by molar-refractivity contribution is 0.0793. The Labute approximate surface area is 95.4 Å². The summed E-state index contributed by atoms with van der Waals surface area (Å²) in [7, 11) is 0. The van der Waals surface area contributed by atoms with Gasteiger partial charge in [0.25, 0.3) is 5.91 Å². The lowest BCUT2D eigenvalue weighted by Crippen LogP contribution is -2.29. The molecule has 2 heterocycles. The molecular weight excluding hydrogens is 260 g/mol. The van der Waals surface area contributed by atoms with E-state index in [1.165, 1.54) is 12.3 Å². The fourth-order valence-electron chi connectivity index (χ4n) is 1.66. The van der Waals surface area contributed by atoms with Gasteiger partial charge in [-0.15, -0.1) is 0 Å². The maximum absolute atomic E-state index is 11.9. The Kier molecular flexibility index (Phi) is 2.90. The minimum absolute atomic E-state index is 0.0666. The summed E-state index contributed by atoms with van der Waals surface area (Å²) in [4.78, 5) is 27.6. The summed E-state index contributed by atoms with van der Waals surface area (Å²) in [5, 5.41) is 0. The number of aromatic nitrogens is 1. The average molecular weight is 271 g/mol. The molecule has 0 aliphatic carbocycles. The first-order valence-corrected chi connectivity index (χ1v) is 5.70. The number of hydrogen-bond acceptors (Lipinski definition) is 2. The van der Waals surface area contributed by atoms with Gasteiger partial charge in [0.15, 0.2) is 0 Å². The highest BCUT2D eigenvalue weighted by molar-refractivity contribution is 9.09. The molecule has 1 aliphatic heterocycles. The van der Waals surface area contributed by atoms with Crippen molar-refractivity contribution in [3.63, 3.8) is 0 Å². The molecule has 1 aromatic rings. The molecule has 1 fully saturated rings. The number of nitrogens with zero attached hydrogens (tertiary/aromatic N) is 1. The van der Waals surface area contributed by atoms with Crippen LogP contribution in [0.3, 0.4) is 0 Å². The summed E-state index contributed by atoms with van der Waals surface area (Å²) in [5.41, 5.74) is 0.218. The van der Waals surface area contributed by atoms with E-state index in [-0.39, 0.29) is 11.5 Å². The topological polar surface area (TPSA) is 53.2 Å². The Morgan fingerprint density at radius 2 is 2.40 bits per heavy atom. The number of pyridine rings is 1. The predicted octanol–water partition coefficient (Wildman–Crippen LogP) is 0.984. The summed E-state index contributed by atoms with van der Waals surface area (Å²) in [6.07, 6.45) is 2.46. The van der Waals surface area contributed by atoms with Crippen LogP contribution in [0.4, 0.5) is 0 Å². The average Bonchev–Trinajstić information content (AvgIpc) is 2.64. The molecule has 0 spiro atoms. The second kappa shape index (κ2) is 4.18. The van der Waals surface area contributed by atoms with Crippen LogP contribution in [-0.4, -0.2) is 33.7 Å². The van der Waals surface area contributed by atoms with E-state index < -0.39 is 0 Å². The molecule has 1 saturated heterocycles. The Morgan fingerprint density at radius 3 is 3.00 bits per heavy atom. The molecule has 1 aromatic heterocycles. The van der Waals surface area contributed by atoms with Gasteiger partial charge in [-0.2, -0.15) is 0 Å². The van der Waals surface area contributed by atoms with Gasteiger partial charge in [0.05, 0.1) is 0 Å². The number of carbonyl (C=O) groups excluding carboxylic acids is 1. The van der Waals surface area contributed by atoms with Crippen molar-refractivity contribution >= 4 is 21.8 Å². The zero-order chi connectivity index (χ0) is 10.8. The van der Waals surface area contributed by atoms with Crippen LogP contribution in [0.5, 0.6) is 0 Å². The molecule has 0 bridgehead atoms. The number of aromatic amines is 1. The van der Waals surface area contributed by atoms with Gasteiger partial charge in [-0.1, -0.05) is 15.9 Å². The molecule has 0 saturated carbocycles. The van der Waals surface area contributed by atoms with Gasteiger partial charge in [-0.3, -0.25) is 9.59 Å². The maximum atomic E-state index is 11.9. The van der Waals surface area contributed by atoms with E-state index >= 15 is 0 Å². The SMILES string of the molecule is O=C(c1cc[nH]c(=O)c1)N1CCC(Br)C1. The molecule has 0 radical (unpaired) electrons. The highest BCUT2D eigenvalue weighted by atomic mass is 79.9. The summed E-state index contributed by atoms with van der Waals surface area (Å²) in [5.74, 6) is -0.0666. The third-order valence-electron chi connectivity index (χ3n) is 2.44. The molecule has 80 valence electrons. The number of nitrogens with one attached hydrogen (secondary N) is 1. The lowest BCUT2D eigenvalue weighted by Gasteiger charge is -2.14. The van der Waals surface area contributed by atoms with Crippen molar-refractivity contribution in [3.05, 3.63) is 34.2 Å². The molecular formula is C10H11BrN2O2. The number of alkyl halides is 1. The minimum atomic E-state index is -0.240. The monoisotopic (exact) mass is 270 g/mol. The van der Waals surface area contributed by atoms with Gasteiger partial charge in [0.1, 0.15) is 0 Å². The van der Waals surface area contributed by atoms with Crippen LogP contribution in [0.25, 0.3) is 0 Å². The smallest absolute Gasteiger partial charge is 0.254 e. The molecule has 15 heavy (non-hydrogen) atoms. The first-order chi connectivity index (χ1) is 7.16. The van der Waals surface area contributed by atoms with Gasteiger partial charge >= 0.3 is 0 Å². The molecule has 2 rings (SSSR count). The highest BCUT2D eigenvalue weighted by Crippen LogP contribution is 2.18. The first-order valence-electron chi connectivity index (χ1n) is 4.79. The third kappa shape index (κ3) is 2.28. The van der Waals surface area contributed by atoms with Gasteiger partial charge in [0.2, 0.25) is 5.56 Å². The molecule has 1 unspecified atom stereocenters. The fraction of sp³-hybridized carbons (Fsp3) is 0.400. The molecule has 5 heteroatoms. The standard InChI is InChI=1S/C10H11BrN2O2/c11-8-2-4-13(6-8)10(15)7-1-3-12-9(14)5-7/h1,3,5,8H,2,4,6H2,(H,12,14). The maximum Gasteiger partial charge on any atom is 0.254 e. The minimum Gasteiger partial charge on any atom is -0.337 e. The van der Waals surface area contributed by atoms with Crippen molar-refractivity contribution in [2.24, 2.45) is 0 Å². The van der Waals surface area contributed by atoms with Crippen LogP contribution in [0, 0.1) is 0 Å². The summed E-state index contributed by atoms with van der Waals surface area (Å²) < 4.78 is 0. The van der Waals surface area contributed by atoms with Crippen LogP contribution >= 0.6 is 15.9 Å². The third-order valence-corrected chi connectivity index (χ3v) is 3.19. The molecule has 1 N–H and O–H groups in total. The zero-order valence-corrected chi connectivity index (χ0v) is 9.66. The highest BCUT2D eigenvalue weighted by Gasteiger charge is 2.25. The van der Waals surface area contributed by atoms with Crippen LogP contribution in [0.15, 0.2) is 23.1 Å². The summed E-state index contributed by atoms with van der Waals surface area (Å²) in [6, 6.07) is 2.97. The molecule has 1 aliphatic rings. The second-order valence-electron chi connectivity index (χ2n) is 3.58. The van der Waals surface area contributed by atoms with E-state index in [9.17, 15) is 9.59 Å². The van der Waals surface area contributed by atoms with Crippen molar-refractivity contribution in [3.8, 4) is 0 Å². The van der Waals surface area contributed by atoms with Crippen LogP contribution in [-0.2, 0) is 0 Å². The molecule has 0 aromatic carbocycles. The van der Waals surface area contributed by atoms with Crippen molar-refractivity contribution in [2.45, 2.75) is 11.2 Å². The molecule has 4 nitrogen and oxygen atoms in total. The number of hydrogen-bond donors (Lipinski definition) is 1. The Morgan fingerprint density at radius 1 is 1.60 bits per heavy atom. The fourth-order valence-corrected chi connectivity index (χ4v) is 2.22. The van der Waals surface area contributed by atoms with Crippen LogP contribution in [0.1, 0.15) is 16.8 Å². The van der Waals surface area contributed by atoms with Crippen molar-refractivity contribution in [1.29, 1.82) is 0 Å². The second-order valence-corrected chi connectivity index (χ2v) is 4.87. The van der Waals surface area contributed by atoms with E-state index in [1.807, 2.05) is 0 Å². The molecule has 1 amide bonds. The largest absolute Gasteiger partial charge is 0.337 e. The van der Waals surface area contributed by atoms with E-state index in [0.29, 0.717) is 16.9 Å². The van der Waals surface area contributed by atoms with Gasteiger partial charge in [-0.25, -0.2) is 0 Å². The quantitative estimate of drug-likeness (QED) is 0.774. The number of carbonyl (C=O) groups is 1. The Balaban J connectivity index is 2.18. The number of halogens is 1. The summed E-state index contributed by atoms with van der Waals surface area (Å²) >= 11 is 3.47. The van der Waals surface area contributed by atoms with Crippen molar-refractivity contribution in [1.82, 2.24) is 9.88 Å². The number of amides is 1. The normalized spacial score (nSPS) is 20.6. The van der Waals surface area contributed by atoms with Gasteiger partial charge in [0, 0.05) is 35.7 Å². The van der Waals surface area contributed by atoms with Crippen LogP contribution < -0.4 is 5.56 Å². The number of rotatable bonds is 1. The lowest BCUT2D eigenvalue weighted by atomic mass is 10.2. The van der Waals surface area contributed by atoms with Gasteiger partial charge < -0.3 is 9.88 Å². The van der Waals surface area contributed by atoms with E-state index in [4.69, 9.17) is 0 Å². The van der Waals surface area contributed by atoms with E-state index in [0.717, 1.165) is 13.0 Å². The van der Waals surface area contributed by atoms with Crippen molar-refractivity contribution < 1.29 is 4.79 Å². The summed E-state index contributed by atoms with van der Waals surface area (Å²) in [6.45, 7) is 1.47.